The van der Waals surface area contributed by atoms with Crippen LogP contribution in [-0.2, 0) is 0 Å². The van der Waals surface area contributed by atoms with Gasteiger partial charge in [0, 0.05) is 40.6 Å². The van der Waals surface area contributed by atoms with Gasteiger partial charge in [-0.05, 0) is 49.8 Å². The molecular weight excluding hydrogens is 246 g/mol. The number of pyridine rings is 1. The molecule has 3 nitrogen and oxygen atoms in total. The summed E-state index contributed by atoms with van der Waals surface area (Å²) in [6.07, 6.45) is 7.20. The van der Waals surface area contributed by atoms with Crippen LogP contribution in [0.5, 0.6) is 0 Å². The third-order valence-corrected chi connectivity index (χ3v) is 4.46. The number of hydrogen-bond donors (Lipinski definition) is 2. The quantitative estimate of drug-likeness (QED) is 0.803. The highest BCUT2D eigenvalue weighted by molar-refractivity contribution is 6.00. The molecule has 1 heterocycles. The van der Waals surface area contributed by atoms with E-state index in [1.165, 1.54) is 36.8 Å². The average Bonchev–Trinajstić information content (AvgIpc) is 3.18. The van der Waals surface area contributed by atoms with Gasteiger partial charge in [-0.15, -0.1) is 0 Å². The number of nitrogens with one attached hydrogen (secondary N) is 1. The summed E-state index contributed by atoms with van der Waals surface area (Å²) in [6.45, 7) is 5.36. The molecule has 1 aliphatic carbocycles. The fourth-order valence-corrected chi connectivity index (χ4v) is 3.02. The second kappa shape index (κ2) is 4.97. The summed E-state index contributed by atoms with van der Waals surface area (Å²) >= 11 is 0. The SMILES string of the molecule is CCCC1(CNc2ccc(N)c3cnc(C)cc23)CC1. The largest absolute Gasteiger partial charge is 0.398 e. The van der Waals surface area contributed by atoms with Crippen LogP contribution in [0.3, 0.4) is 0 Å². The van der Waals surface area contributed by atoms with E-state index in [1.807, 2.05) is 19.2 Å². The smallest absolute Gasteiger partial charge is 0.0422 e. The molecule has 1 aliphatic rings. The zero-order valence-electron chi connectivity index (χ0n) is 12.4. The maximum Gasteiger partial charge on any atom is 0.0422 e. The van der Waals surface area contributed by atoms with Crippen LogP contribution in [0.2, 0.25) is 0 Å². The second-order valence-corrected chi connectivity index (χ2v) is 6.18. The summed E-state index contributed by atoms with van der Waals surface area (Å²) in [5, 5.41) is 5.87. The lowest BCUT2D eigenvalue weighted by Gasteiger charge is -2.17. The average molecular weight is 269 g/mol. The molecule has 1 aromatic heterocycles. The highest BCUT2D eigenvalue weighted by Gasteiger charge is 2.41. The van der Waals surface area contributed by atoms with Gasteiger partial charge in [-0.25, -0.2) is 0 Å². The molecule has 0 radical (unpaired) electrons. The summed E-state index contributed by atoms with van der Waals surface area (Å²) in [5.74, 6) is 0. The maximum absolute atomic E-state index is 6.05. The first-order chi connectivity index (χ1) is 9.63. The topological polar surface area (TPSA) is 50.9 Å². The Morgan fingerprint density at radius 3 is 2.80 bits per heavy atom. The van der Waals surface area contributed by atoms with Gasteiger partial charge in [0.25, 0.3) is 0 Å². The van der Waals surface area contributed by atoms with Crippen LogP contribution in [0.4, 0.5) is 11.4 Å². The van der Waals surface area contributed by atoms with Crippen molar-refractivity contribution < 1.29 is 0 Å². The number of anilines is 2. The standard InChI is InChI=1S/C17H23N3/c1-3-6-17(7-8-17)11-20-16-5-4-15(18)14-10-19-12(2)9-13(14)16/h4-5,9-10,20H,3,6-8,11,18H2,1-2H3. The Morgan fingerprint density at radius 2 is 2.10 bits per heavy atom. The van der Waals surface area contributed by atoms with Gasteiger partial charge in [-0.2, -0.15) is 0 Å². The van der Waals surface area contributed by atoms with Gasteiger partial charge in [0.1, 0.15) is 0 Å². The van der Waals surface area contributed by atoms with E-state index in [4.69, 9.17) is 5.73 Å². The minimum Gasteiger partial charge on any atom is -0.398 e. The van der Waals surface area contributed by atoms with Crippen molar-refractivity contribution >= 4 is 22.1 Å². The molecule has 0 saturated heterocycles. The minimum absolute atomic E-state index is 0.546. The van der Waals surface area contributed by atoms with Gasteiger partial charge in [-0.1, -0.05) is 13.3 Å². The van der Waals surface area contributed by atoms with Crippen molar-refractivity contribution in [2.24, 2.45) is 5.41 Å². The lowest BCUT2D eigenvalue weighted by Crippen LogP contribution is -2.15. The molecule has 1 fully saturated rings. The molecule has 3 rings (SSSR count). The van der Waals surface area contributed by atoms with Crippen molar-refractivity contribution in [2.45, 2.75) is 39.5 Å². The number of nitrogens with zero attached hydrogens (tertiary/aromatic N) is 1. The van der Waals surface area contributed by atoms with Crippen LogP contribution >= 0.6 is 0 Å². The summed E-state index contributed by atoms with van der Waals surface area (Å²) in [7, 11) is 0. The van der Waals surface area contributed by atoms with Crippen molar-refractivity contribution in [1.29, 1.82) is 0 Å². The first-order valence-corrected chi connectivity index (χ1v) is 7.52. The molecule has 0 bridgehead atoms. The molecule has 0 atom stereocenters. The Bertz CT molecular complexity index is 629. The normalized spacial score (nSPS) is 16.3. The second-order valence-electron chi connectivity index (χ2n) is 6.18. The number of fused-ring (bicyclic) bond motifs is 1. The molecule has 106 valence electrons. The first kappa shape index (κ1) is 13.2. The highest BCUT2D eigenvalue weighted by Crippen LogP contribution is 2.49. The fraction of sp³-hybridized carbons (Fsp3) is 0.471. The molecule has 3 N–H and O–H groups in total. The Labute approximate surface area is 120 Å². The molecule has 0 aliphatic heterocycles. The minimum atomic E-state index is 0.546. The van der Waals surface area contributed by atoms with Gasteiger partial charge in [0.15, 0.2) is 0 Å². The van der Waals surface area contributed by atoms with Crippen molar-refractivity contribution in [3.8, 4) is 0 Å². The van der Waals surface area contributed by atoms with E-state index in [2.05, 4.69) is 29.4 Å². The highest BCUT2D eigenvalue weighted by atomic mass is 14.9. The molecule has 0 unspecified atom stereocenters. The van der Waals surface area contributed by atoms with Gasteiger partial charge in [-0.3, -0.25) is 4.98 Å². The Balaban J connectivity index is 1.88. The van der Waals surface area contributed by atoms with Crippen molar-refractivity contribution in [1.82, 2.24) is 4.98 Å². The molecule has 3 heteroatoms. The summed E-state index contributed by atoms with van der Waals surface area (Å²) < 4.78 is 0. The monoisotopic (exact) mass is 269 g/mol. The van der Waals surface area contributed by atoms with Crippen LogP contribution in [-0.4, -0.2) is 11.5 Å². The van der Waals surface area contributed by atoms with E-state index in [1.54, 1.807) is 0 Å². The van der Waals surface area contributed by atoms with E-state index in [-0.39, 0.29) is 0 Å². The summed E-state index contributed by atoms with van der Waals surface area (Å²) in [5.41, 5.74) is 9.61. The number of hydrogen-bond acceptors (Lipinski definition) is 3. The van der Waals surface area contributed by atoms with E-state index < -0.39 is 0 Å². The summed E-state index contributed by atoms with van der Waals surface area (Å²) in [6, 6.07) is 6.19. The third-order valence-electron chi connectivity index (χ3n) is 4.46. The number of rotatable bonds is 5. The first-order valence-electron chi connectivity index (χ1n) is 7.52. The lowest BCUT2D eigenvalue weighted by atomic mass is 10.0. The van der Waals surface area contributed by atoms with E-state index in [9.17, 15) is 0 Å². The third kappa shape index (κ3) is 2.45. The Kier molecular flexibility index (Phi) is 3.28. The lowest BCUT2D eigenvalue weighted by molar-refractivity contribution is 0.486. The van der Waals surface area contributed by atoms with Gasteiger partial charge >= 0.3 is 0 Å². The zero-order valence-corrected chi connectivity index (χ0v) is 12.4. The van der Waals surface area contributed by atoms with E-state index >= 15 is 0 Å². The van der Waals surface area contributed by atoms with Gasteiger partial charge in [0.2, 0.25) is 0 Å². The zero-order chi connectivity index (χ0) is 14.2. The predicted molar refractivity (Wildman–Crippen MR) is 86.0 cm³/mol. The maximum atomic E-state index is 6.05. The van der Waals surface area contributed by atoms with Gasteiger partial charge in [0.05, 0.1) is 0 Å². The van der Waals surface area contributed by atoms with Crippen LogP contribution in [0.25, 0.3) is 10.8 Å². The predicted octanol–water partition coefficient (Wildman–Crippen LogP) is 4.12. The Hall–Kier alpha value is -1.77. The van der Waals surface area contributed by atoms with Crippen LogP contribution in [0.1, 0.15) is 38.3 Å². The molecule has 20 heavy (non-hydrogen) atoms. The van der Waals surface area contributed by atoms with Crippen LogP contribution in [0.15, 0.2) is 24.4 Å². The van der Waals surface area contributed by atoms with Gasteiger partial charge < -0.3 is 11.1 Å². The molecule has 1 saturated carbocycles. The molecule has 0 amide bonds. The molecule has 2 aromatic rings. The van der Waals surface area contributed by atoms with E-state index in [0.29, 0.717) is 5.41 Å². The summed E-state index contributed by atoms with van der Waals surface area (Å²) in [4.78, 5) is 4.35. The van der Waals surface area contributed by atoms with Crippen molar-refractivity contribution in [2.75, 3.05) is 17.6 Å². The molecule has 1 aromatic carbocycles. The number of aryl methyl sites for hydroxylation is 1. The van der Waals surface area contributed by atoms with Crippen LogP contribution in [0, 0.1) is 12.3 Å². The Morgan fingerprint density at radius 1 is 1.30 bits per heavy atom. The van der Waals surface area contributed by atoms with Crippen molar-refractivity contribution in [3.63, 3.8) is 0 Å². The van der Waals surface area contributed by atoms with Crippen molar-refractivity contribution in [3.05, 3.63) is 30.1 Å². The number of aromatic nitrogens is 1. The number of nitrogen functional groups attached to an aromatic ring is 1. The number of benzene rings is 1. The fourth-order valence-electron chi connectivity index (χ4n) is 3.02. The molecule has 0 spiro atoms. The van der Waals surface area contributed by atoms with E-state index in [0.717, 1.165) is 23.3 Å². The molecular formula is C17H23N3. The number of nitrogens with two attached hydrogens (primary N) is 1. The van der Waals surface area contributed by atoms with Crippen LogP contribution < -0.4 is 11.1 Å².